The summed E-state index contributed by atoms with van der Waals surface area (Å²) in [5.74, 6) is 0. The Morgan fingerprint density at radius 1 is 1.19 bits per heavy atom. The number of hydrogen-bond acceptors (Lipinski definition) is 4. The highest BCUT2D eigenvalue weighted by molar-refractivity contribution is 4.93. The van der Waals surface area contributed by atoms with Crippen molar-refractivity contribution in [1.29, 1.82) is 0 Å². The molecule has 21 heavy (non-hydrogen) atoms. The predicted octanol–water partition coefficient (Wildman–Crippen LogP) is 1.77. The second-order valence-corrected chi connectivity index (χ2v) is 7.44. The summed E-state index contributed by atoms with van der Waals surface area (Å²) in [7, 11) is 0. The van der Waals surface area contributed by atoms with Gasteiger partial charge in [-0.2, -0.15) is 0 Å². The number of aliphatic hydroxyl groups excluding tert-OH is 1. The summed E-state index contributed by atoms with van der Waals surface area (Å²) < 4.78 is 5.86. The Labute approximate surface area is 129 Å². The second kappa shape index (κ2) is 7.40. The molecule has 122 valence electrons. The molecule has 1 aliphatic heterocycles. The smallest absolute Gasteiger partial charge is 0.0546 e. The van der Waals surface area contributed by atoms with Crippen molar-refractivity contribution < 1.29 is 9.84 Å². The number of rotatable bonds is 9. The van der Waals surface area contributed by atoms with Crippen molar-refractivity contribution in [2.75, 3.05) is 39.5 Å². The molecule has 1 unspecified atom stereocenters. The van der Waals surface area contributed by atoms with Gasteiger partial charge >= 0.3 is 0 Å². The van der Waals surface area contributed by atoms with E-state index in [2.05, 4.69) is 10.2 Å². The van der Waals surface area contributed by atoms with Crippen LogP contribution in [0.15, 0.2) is 0 Å². The van der Waals surface area contributed by atoms with Gasteiger partial charge in [-0.05, 0) is 44.9 Å². The summed E-state index contributed by atoms with van der Waals surface area (Å²) in [5, 5.41) is 12.9. The summed E-state index contributed by atoms with van der Waals surface area (Å²) in [6, 6.07) is 1.54. The molecule has 4 heteroatoms. The van der Waals surface area contributed by atoms with Crippen LogP contribution in [0.5, 0.6) is 0 Å². The Morgan fingerprint density at radius 2 is 2.05 bits per heavy atom. The minimum Gasteiger partial charge on any atom is -0.396 e. The summed E-state index contributed by atoms with van der Waals surface area (Å²) in [6.45, 7) is 5.47. The SMILES string of the molecule is OCCCN(CC1(CNC2CC2)CCCOC1)C1CCC1. The molecule has 0 amide bonds. The molecule has 0 bridgehead atoms. The zero-order chi connectivity index (χ0) is 14.5. The van der Waals surface area contributed by atoms with E-state index in [-0.39, 0.29) is 0 Å². The first-order chi connectivity index (χ1) is 10.3. The highest BCUT2D eigenvalue weighted by atomic mass is 16.5. The lowest BCUT2D eigenvalue weighted by atomic mass is 9.80. The minimum atomic E-state index is 0.298. The number of hydrogen-bond donors (Lipinski definition) is 2. The zero-order valence-corrected chi connectivity index (χ0v) is 13.4. The van der Waals surface area contributed by atoms with Crippen LogP contribution in [-0.2, 0) is 4.74 Å². The van der Waals surface area contributed by atoms with Gasteiger partial charge in [-0.25, -0.2) is 0 Å². The van der Waals surface area contributed by atoms with Gasteiger partial charge < -0.3 is 15.2 Å². The van der Waals surface area contributed by atoms with Crippen LogP contribution in [0.3, 0.4) is 0 Å². The number of ether oxygens (including phenoxy) is 1. The van der Waals surface area contributed by atoms with Crippen molar-refractivity contribution in [2.45, 2.75) is 63.5 Å². The molecule has 1 saturated heterocycles. The molecule has 3 fully saturated rings. The van der Waals surface area contributed by atoms with Gasteiger partial charge in [0.25, 0.3) is 0 Å². The van der Waals surface area contributed by atoms with Crippen LogP contribution in [0.1, 0.15) is 51.4 Å². The Hall–Kier alpha value is -0.160. The highest BCUT2D eigenvalue weighted by Crippen LogP contribution is 2.34. The standard InChI is InChI=1S/C17H32N2O2/c20-10-3-9-19(16-4-1-5-16)13-17(8-2-11-21-14-17)12-18-15-6-7-15/h15-16,18,20H,1-14H2. The lowest BCUT2D eigenvalue weighted by molar-refractivity contribution is -0.0405. The van der Waals surface area contributed by atoms with E-state index in [1.54, 1.807) is 0 Å². The Balaban J connectivity index is 1.58. The highest BCUT2D eigenvalue weighted by Gasteiger charge is 2.38. The normalized spacial score (nSPS) is 30.6. The van der Waals surface area contributed by atoms with E-state index in [4.69, 9.17) is 4.74 Å². The van der Waals surface area contributed by atoms with Crippen molar-refractivity contribution in [1.82, 2.24) is 10.2 Å². The average Bonchev–Trinajstić information content (AvgIpc) is 3.26. The molecule has 0 spiro atoms. The van der Waals surface area contributed by atoms with Crippen molar-refractivity contribution in [3.05, 3.63) is 0 Å². The number of aliphatic hydroxyl groups is 1. The zero-order valence-electron chi connectivity index (χ0n) is 13.4. The topological polar surface area (TPSA) is 44.7 Å². The molecule has 2 aliphatic carbocycles. The first kappa shape index (κ1) is 15.7. The lowest BCUT2D eigenvalue weighted by Gasteiger charge is -2.46. The van der Waals surface area contributed by atoms with Crippen LogP contribution >= 0.6 is 0 Å². The summed E-state index contributed by atoms with van der Waals surface area (Å²) in [5.41, 5.74) is 0.298. The molecular formula is C17H32N2O2. The Kier molecular flexibility index (Phi) is 5.54. The lowest BCUT2D eigenvalue weighted by Crippen LogP contribution is -2.53. The van der Waals surface area contributed by atoms with Crippen LogP contribution in [0.4, 0.5) is 0 Å². The van der Waals surface area contributed by atoms with Crippen molar-refractivity contribution in [3.63, 3.8) is 0 Å². The molecule has 0 aromatic heterocycles. The van der Waals surface area contributed by atoms with E-state index in [9.17, 15) is 5.11 Å². The third-order valence-corrected chi connectivity index (χ3v) is 5.48. The van der Waals surface area contributed by atoms with Gasteiger partial charge in [-0.3, -0.25) is 4.90 Å². The van der Waals surface area contributed by atoms with Crippen LogP contribution < -0.4 is 5.32 Å². The maximum atomic E-state index is 9.18. The Bertz CT molecular complexity index is 310. The van der Waals surface area contributed by atoms with Crippen LogP contribution in [0.2, 0.25) is 0 Å². The van der Waals surface area contributed by atoms with Gasteiger partial charge in [0.2, 0.25) is 0 Å². The molecule has 3 rings (SSSR count). The van der Waals surface area contributed by atoms with E-state index >= 15 is 0 Å². The van der Waals surface area contributed by atoms with E-state index in [1.807, 2.05) is 0 Å². The number of nitrogens with zero attached hydrogens (tertiary/aromatic N) is 1. The number of nitrogens with one attached hydrogen (secondary N) is 1. The van der Waals surface area contributed by atoms with Crippen LogP contribution in [0.25, 0.3) is 0 Å². The predicted molar refractivity (Wildman–Crippen MR) is 84.4 cm³/mol. The molecule has 0 aromatic rings. The van der Waals surface area contributed by atoms with Gasteiger partial charge in [0.05, 0.1) is 6.61 Å². The second-order valence-electron chi connectivity index (χ2n) is 7.44. The average molecular weight is 296 g/mol. The minimum absolute atomic E-state index is 0.298. The largest absolute Gasteiger partial charge is 0.396 e. The monoisotopic (exact) mass is 296 g/mol. The fourth-order valence-electron chi connectivity index (χ4n) is 3.73. The molecule has 0 aromatic carbocycles. The molecule has 2 N–H and O–H groups in total. The quantitative estimate of drug-likeness (QED) is 0.681. The van der Waals surface area contributed by atoms with Gasteiger partial charge in [-0.1, -0.05) is 6.42 Å². The van der Waals surface area contributed by atoms with E-state index in [0.29, 0.717) is 12.0 Å². The molecule has 1 atom stereocenters. The van der Waals surface area contributed by atoms with E-state index in [1.165, 1.54) is 44.9 Å². The van der Waals surface area contributed by atoms with Gasteiger partial charge in [0, 0.05) is 50.3 Å². The molecule has 1 heterocycles. The maximum Gasteiger partial charge on any atom is 0.0546 e. The Morgan fingerprint density at radius 3 is 2.62 bits per heavy atom. The fraction of sp³-hybridized carbons (Fsp3) is 1.00. The molecule has 2 saturated carbocycles. The van der Waals surface area contributed by atoms with Crippen molar-refractivity contribution >= 4 is 0 Å². The third kappa shape index (κ3) is 4.41. The summed E-state index contributed by atoms with van der Waals surface area (Å²) in [4.78, 5) is 2.66. The van der Waals surface area contributed by atoms with Gasteiger partial charge in [0.15, 0.2) is 0 Å². The molecule has 3 aliphatic rings. The van der Waals surface area contributed by atoms with Crippen molar-refractivity contribution in [3.8, 4) is 0 Å². The van der Waals surface area contributed by atoms with E-state index in [0.717, 1.165) is 51.4 Å². The summed E-state index contributed by atoms with van der Waals surface area (Å²) >= 11 is 0. The molecular weight excluding hydrogens is 264 g/mol. The summed E-state index contributed by atoms with van der Waals surface area (Å²) in [6.07, 6.45) is 10.2. The maximum absolute atomic E-state index is 9.18. The molecule has 0 radical (unpaired) electrons. The van der Waals surface area contributed by atoms with Gasteiger partial charge in [-0.15, -0.1) is 0 Å². The van der Waals surface area contributed by atoms with Crippen molar-refractivity contribution in [2.24, 2.45) is 5.41 Å². The first-order valence-corrected chi connectivity index (χ1v) is 8.97. The first-order valence-electron chi connectivity index (χ1n) is 8.97. The van der Waals surface area contributed by atoms with Crippen LogP contribution in [-0.4, -0.2) is 61.5 Å². The molecule has 4 nitrogen and oxygen atoms in total. The fourth-order valence-corrected chi connectivity index (χ4v) is 3.73. The van der Waals surface area contributed by atoms with Crippen LogP contribution in [0, 0.1) is 5.41 Å². The van der Waals surface area contributed by atoms with E-state index < -0.39 is 0 Å². The third-order valence-electron chi connectivity index (χ3n) is 5.48. The van der Waals surface area contributed by atoms with Gasteiger partial charge in [0.1, 0.15) is 0 Å².